The highest BCUT2D eigenvalue weighted by atomic mass is 16.5. The van der Waals surface area contributed by atoms with Crippen LogP contribution in [0.2, 0.25) is 0 Å². The number of benzene rings is 2. The van der Waals surface area contributed by atoms with E-state index < -0.39 is 0 Å². The molecule has 6 heteroatoms. The smallest absolute Gasteiger partial charge is 0.265 e. The lowest BCUT2D eigenvalue weighted by molar-refractivity contribution is -0.121. The van der Waals surface area contributed by atoms with E-state index in [4.69, 9.17) is 9.72 Å². The standard InChI is InChI=1S/C23H25N3O3/c1-16-8-10-17(11-9-16)26-21(25-20-7-3-2-6-19(20)23(26)28)12-13-22(27)24-15-18-5-4-14-29-18/h2-3,6-11,18H,4-5,12-15H2,1H3,(H,24,27). The zero-order chi connectivity index (χ0) is 20.2. The number of rotatable bonds is 6. The number of amides is 1. The van der Waals surface area contributed by atoms with Crippen LogP contribution in [0.3, 0.4) is 0 Å². The Kier molecular flexibility index (Phi) is 5.71. The van der Waals surface area contributed by atoms with Gasteiger partial charge in [0.25, 0.3) is 5.56 Å². The second kappa shape index (κ2) is 8.57. The van der Waals surface area contributed by atoms with Crippen molar-refractivity contribution < 1.29 is 9.53 Å². The van der Waals surface area contributed by atoms with Gasteiger partial charge in [-0.05, 0) is 44.0 Å². The van der Waals surface area contributed by atoms with Gasteiger partial charge in [0.2, 0.25) is 5.91 Å². The van der Waals surface area contributed by atoms with Crippen LogP contribution >= 0.6 is 0 Å². The Hall–Kier alpha value is -2.99. The fourth-order valence-electron chi connectivity index (χ4n) is 3.65. The minimum absolute atomic E-state index is 0.0571. The SMILES string of the molecule is Cc1ccc(-n2c(CCC(=O)NCC3CCCO3)nc3ccccc3c2=O)cc1. The molecule has 0 radical (unpaired) electrons. The number of aromatic nitrogens is 2. The predicted octanol–water partition coefficient (Wildman–Crippen LogP) is 2.92. The highest BCUT2D eigenvalue weighted by Crippen LogP contribution is 2.15. The van der Waals surface area contributed by atoms with Gasteiger partial charge in [0.05, 0.1) is 22.7 Å². The lowest BCUT2D eigenvalue weighted by Crippen LogP contribution is -2.32. The summed E-state index contributed by atoms with van der Waals surface area (Å²) >= 11 is 0. The second-order valence-electron chi connectivity index (χ2n) is 7.46. The van der Waals surface area contributed by atoms with Crippen molar-refractivity contribution in [1.82, 2.24) is 14.9 Å². The van der Waals surface area contributed by atoms with Gasteiger partial charge in [-0.2, -0.15) is 0 Å². The molecule has 1 N–H and O–H groups in total. The maximum Gasteiger partial charge on any atom is 0.265 e. The largest absolute Gasteiger partial charge is 0.376 e. The van der Waals surface area contributed by atoms with Gasteiger partial charge in [0.1, 0.15) is 5.82 Å². The Morgan fingerprint density at radius 1 is 1.21 bits per heavy atom. The molecule has 1 amide bonds. The van der Waals surface area contributed by atoms with Gasteiger partial charge >= 0.3 is 0 Å². The van der Waals surface area contributed by atoms with Gasteiger partial charge < -0.3 is 10.1 Å². The van der Waals surface area contributed by atoms with E-state index in [2.05, 4.69) is 5.32 Å². The number of nitrogens with one attached hydrogen (secondary N) is 1. The number of para-hydroxylation sites is 1. The Morgan fingerprint density at radius 2 is 2.00 bits per heavy atom. The molecule has 1 aromatic heterocycles. The maximum absolute atomic E-state index is 13.2. The quantitative estimate of drug-likeness (QED) is 0.701. The van der Waals surface area contributed by atoms with Gasteiger partial charge in [-0.1, -0.05) is 29.8 Å². The van der Waals surface area contributed by atoms with Crippen LogP contribution in [0.1, 0.15) is 30.7 Å². The van der Waals surface area contributed by atoms with E-state index in [-0.39, 0.29) is 24.0 Å². The fourth-order valence-corrected chi connectivity index (χ4v) is 3.65. The first-order valence-electron chi connectivity index (χ1n) is 10.1. The number of hydrogen-bond acceptors (Lipinski definition) is 4. The van der Waals surface area contributed by atoms with Crippen LogP contribution in [-0.2, 0) is 16.0 Å². The normalized spacial score (nSPS) is 16.2. The van der Waals surface area contributed by atoms with Crippen LogP contribution in [0, 0.1) is 6.92 Å². The fraction of sp³-hybridized carbons (Fsp3) is 0.348. The van der Waals surface area contributed by atoms with Crippen molar-refractivity contribution in [2.24, 2.45) is 0 Å². The van der Waals surface area contributed by atoms with Gasteiger partial charge in [-0.25, -0.2) is 4.98 Å². The second-order valence-corrected chi connectivity index (χ2v) is 7.46. The molecule has 0 saturated carbocycles. The molecule has 4 rings (SSSR count). The van der Waals surface area contributed by atoms with Crippen molar-refractivity contribution in [3.63, 3.8) is 0 Å². The molecule has 1 fully saturated rings. The molecule has 0 bridgehead atoms. The first-order valence-corrected chi connectivity index (χ1v) is 10.1. The van der Waals surface area contributed by atoms with E-state index in [1.165, 1.54) is 0 Å². The number of carbonyl (C=O) groups is 1. The molecule has 3 aromatic rings. The lowest BCUT2D eigenvalue weighted by Gasteiger charge is -2.14. The van der Waals surface area contributed by atoms with Crippen molar-refractivity contribution in [2.45, 2.75) is 38.7 Å². The van der Waals surface area contributed by atoms with Crippen molar-refractivity contribution in [3.8, 4) is 5.69 Å². The molecule has 2 heterocycles. The molecule has 1 atom stereocenters. The monoisotopic (exact) mass is 391 g/mol. The molecule has 150 valence electrons. The van der Waals surface area contributed by atoms with Crippen LogP contribution in [0.25, 0.3) is 16.6 Å². The predicted molar refractivity (Wildman–Crippen MR) is 112 cm³/mol. The van der Waals surface area contributed by atoms with Gasteiger partial charge in [0, 0.05) is 26.0 Å². The average molecular weight is 391 g/mol. The van der Waals surface area contributed by atoms with Crippen molar-refractivity contribution in [3.05, 3.63) is 70.3 Å². The summed E-state index contributed by atoms with van der Waals surface area (Å²) in [5.74, 6) is 0.531. The van der Waals surface area contributed by atoms with Crippen molar-refractivity contribution >= 4 is 16.8 Å². The number of carbonyl (C=O) groups excluding carboxylic acids is 1. The van der Waals surface area contributed by atoms with Gasteiger partial charge in [0.15, 0.2) is 0 Å². The Labute approximate surface area is 169 Å². The highest BCUT2D eigenvalue weighted by molar-refractivity contribution is 5.78. The number of ether oxygens (including phenoxy) is 1. The first kappa shape index (κ1) is 19.3. The Bertz CT molecular complexity index is 1070. The molecule has 1 aliphatic heterocycles. The van der Waals surface area contributed by atoms with E-state index in [1.807, 2.05) is 49.4 Å². The molecular formula is C23H25N3O3. The summed E-state index contributed by atoms with van der Waals surface area (Å²) in [6.45, 7) is 3.31. The van der Waals surface area contributed by atoms with E-state index >= 15 is 0 Å². The third-order valence-electron chi connectivity index (χ3n) is 5.26. The molecule has 2 aromatic carbocycles. The minimum Gasteiger partial charge on any atom is -0.376 e. The lowest BCUT2D eigenvalue weighted by atomic mass is 10.2. The summed E-state index contributed by atoms with van der Waals surface area (Å²) in [5, 5.41) is 3.50. The van der Waals surface area contributed by atoms with E-state index in [1.54, 1.807) is 10.6 Å². The summed E-state index contributed by atoms with van der Waals surface area (Å²) < 4.78 is 7.16. The number of aryl methyl sites for hydroxylation is 2. The van der Waals surface area contributed by atoms with E-state index in [0.717, 1.165) is 30.7 Å². The summed E-state index contributed by atoms with van der Waals surface area (Å²) in [6.07, 6.45) is 2.79. The van der Waals surface area contributed by atoms with Crippen molar-refractivity contribution in [2.75, 3.05) is 13.2 Å². The molecule has 6 nitrogen and oxygen atoms in total. The zero-order valence-corrected chi connectivity index (χ0v) is 16.6. The van der Waals surface area contributed by atoms with E-state index in [9.17, 15) is 9.59 Å². The summed E-state index contributed by atoms with van der Waals surface area (Å²) in [7, 11) is 0. The minimum atomic E-state index is -0.116. The third-order valence-corrected chi connectivity index (χ3v) is 5.26. The molecular weight excluding hydrogens is 366 g/mol. The van der Waals surface area contributed by atoms with Gasteiger partial charge in [-0.15, -0.1) is 0 Å². The molecule has 29 heavy (non-hydrogen) atoms. The number of fused-ring (bicyclic) bond motifs is 1. The van der Waals surface area contributed by atoms with Crippen LogP contribution in [0.4, 0.5) is 0 Å². The summed E-state index contributed by atoms with van der Waals surface area (Å²) in [4.78, 5) is 30.2. The highest BCUT2D eigenvalue weighted by Gasteiger charge is 2.17. The molecule has 0 spiro atoms. The van der Waals surface area contributed by atoms with E-state index in [0.29, 0.717) is 29.7 Å². The van der Waals surface area contributed by atoms with Crippen LogP contribution in [-0.4, -0.2) is 34.7 Å². The molecule has 1 aliphatic rings. The maximum atomic E-state index is 13.2. The van der Waals surface area contributed by atoms with Crippen LogP contribution in [0.15, 0.2) is 53.3 Å². The molecule has 0 aliphatic carbocycles. The third kappa shape index (κ3) is 4.38. The zero-order valence-electron chi connectivity index (χ0n) is 16.6. The number of hydrogen-bond donors (Lipinski definition) is 1. The van der Waals surface area contributed by atoms with Gasteiger partial charge in [-0.3, -0.25) is 14.2 Å². The summed E-state index contributed by atoms with van der Waals surface area (Å²) in [5.41, 5.74) is 2.41. The molecule has 1 saturated heterocycles. The van der Waals surface area contributed by atoms with Crippen molar-refractivity contribution in [1.29, 1.82) is 0 Å². The Balaban J connectivity index is 1.60. The van der Waals surface area contributed by atoms with Crippen LogP contribution in [0.5, 0.6) is 0 Å². The number of nitrogens with zero attached hydrogens (tertiary/aromatic N) is 2. The molecule has 1 unspecified atom stereocenters. The topological polar surface area (TPSA) is 73.2 Å². The van der Waals surface area contributed by atoms with Crippen LogP contribution < -0.4 is 10.9 Å². The summed E-state index contributed by atoms with van der Waals surface area (Å²) in [6, 6.07) is 15.1. The first-order chi connectivity index (χ1) is 14.1. The average Bonchev–Trinajstić information content (AvgIpc) is 3.25. The Morgan fingerprint density at radius 3 is 2.76 bits per heavy atom.